The number of aliphatic hydroxyl groups is 1. The van der Waals surface area contributed by atoms with Gasteiger partial charge in [0.25, 0.3) is 0 Å². The number of hydrogen-bond donors (Lipinski definition) is 1. The molecule has 0 bridgehead atoms. The van der Waals surface area contributed by atoms with E-state index in [1.165, 1.54) is 52.9 Å². The average molecular weight is 409 g/mol. The molecule has 0 amide bonds. The molecule has 5 heteroatoms. The van der Waals surface area contributed by atoms with E-state index in [2.05, 4.69) is 27.7 Å². The van der Waals surface area contributed by atoms with Gasteiger partial charge >= 0.3 is 6.18 Å². The smallest absolute Gasteiger partial charge is 0.422 e. The highest BCUT2D eigenvalue weighted by Crippen LogP contribution is 2.53. The lowest BCUT2D eigenvalue weighted by atomic mass is 9.71. The molecule has 0 aliphatic carbocycles. The Kier molecular flexibility index (Phi) is 15.6. The summed E-state index contributed by atoms with van der Waals surface area (Å²) in [6.07, 6.45) is -2.31. The van der Waals surface area contributed by atoms with E-state index in [0.29, 0.717) is 5.56 Å². The summed E-state index contributed by atoms with van der Waals surface area (Å²) in [6, 6.07) is 2.88. The first-order chi connectivity index (χ1) is 12.7. The summed E-state index contributed by atoms with van der Waals surface area (Å²) in [5, 5.41) is 10.5. The summed E-state index contributed by atoms with van der Waals surface area (Å²) in [5.41, 5.74) is -3.18. The second-order valence-electron chi connectivity index (χ2n) is 7.51. The SMILES string of the molecule is CC.CCC.CCC.COc1cc(C)c(C)cc1C(O)(C(C)(C)C)C(F)(F)F. The third kappa shape index (κ3) is 8.42. The van der Waals surface area contributed by atoms with Gasteiger partial charge in [0.05, 0.1) is 7.11 Å². The molecule has 1 rings (SSSR count). The van der Waals surface area contributed by atoms with Crippen LogP contribution in [0.2, 0.25) is 0 Å². The summed E-state index contributed by atoms with van der Waals surface area (Å²) in [6.45, 7) is 20.1. The van der Waals surface area contributed by atoms with Crippen molar-refractivity contribution in [1.29, 1.82) is 0 Å². The molecule has 1 atom stereocenters. The van der Waals surface area contributed by atoms with Gasteiger partial charge in [-0.1, -0.05) is 75.2 Å². The van der Waals surface area contributed by atoms with Crippen LogP contribution in [0.5, 0.6) is 5.75 Å². The molecule has 0 fully saturated rings. The van der Waals surface area contributed by atoms with Crippen LogP contribution >= 0.6 is 0 Å². The summed E-state index contributed by atoms with van der Waals surface area (Å²) in [5.74, 6) is 0.0443. The number of methoxy groups -OCH3 is 1. The molecule has 0 radical (unpaired) electrons. The highest BCUT2D eigenvalue weighted by Gasteiger charge is 2.62. The van der Waals surface area contributed by atoms with Gasteiger partial charge in [0.1, 0.15) is 5.75 Å². The number of benzene rings is 1. The van der Waals surface area contributed by atoms with Crippen LogP contribution in [-0.4, -0.2) is 18.4 Å². The van der Waals surface area contributed by atoms with Crippen LogP contribution in [-0.2, 0) is 5.60 Å². The lowest BCUT2D eigenvalue weighted by Gasteiger charge is -2.42. The zero-order valence-electron chi connectivity index (χ0n) is 20.1. The van der Waals surface area contributed by atoms with E-state index in [4.69, 9.17) is 4.74 Å². The zero-order valence-corrected chi connectivity index (χ0v) is 20.1. The van der Waals surface area contributed by atoms with Crippen molar-refractivity contribution in [3.05, 3.63) is 28.8 Å². The van der Waals surface area contributed by atoms with Crippen LogP contribution in [0.4, 0.5) is 13.2 Å². The molecule has 0 aliphatic rings. The van der Waals surface area contributed by atoms with Gasteiger partial charge in [-0.05, 0) is 37.1 Å². The first kappa shape index (κ1) is 31.5. The third-order valence-electron chi connectivity index (χ3n) is 3.70. The summed E-state index contributed by atoms with van der Waals surface area (Å²) < 4.78 is 45.6. The Hall–Kier alpha value is -1.23. The monoisotopic (exact) mass is 408 g/mol. The van der Waals surface area contributed by atoms with E-state index in [1.54, 1.807) is 13.8 Å². The quantitative estimate of drug-likeness (QED) is 0.537. The van der Waals surface area contributed by atoms with E-state index >= 15 is 0 Å². The Morgan fingerprint density at radius 3 is 1.43 bits per heavy atom. The molecule has 28 heavy (non-hydrogen) atoms. The molecule has 1 unspecified atom stereocenters. The minimum Gasteiger partial charge on any atom is -0.496 e. The Labute approximate surface area is 171 Å². The second-order valence-corrected chi connectivity index (χ2v) is 7.51. The molecule has 1 N–H and O–H groups in total. The molecular formula is C23H43F3O2. The van der Waals surface area contributed by atoms with Crippen LogP contribution in [0.25, 0.3) is 0 Å². The standard InChI is InChI=1S/C15H21F3O2.2C3H8.C2H6/c1-9-7-11(12(20-6)8-10(9)2)14(19,13(3,4)5)15(16,17)18;2*1-3-2;1-2/h7-8,19H,1-6H3;2*3H2,1-2H3;1-2H3. The minimum absolute atomic E-state index is 0.0443. The molecule has 168 valence electrons. The van der Waals surface area contributed by atoms with Gasteiger partial charge in [0, 0.05) is 11.0 Å². The van der Waals surface area contributed by atoms with E-state index in [0.717, 1.165) is 5.56 Å². The molecular weight excluding hydrogens is 365 g/mol. The molecule has 0 aromatic heterocycles. The Balaban J connectivity index is -0.000000675. The van der Waals surface area contributed by atoms with Crippen molar-refractivity contribution < 1.29 is 23.0 Å². The predicted molar refractivity (Wildman–Crippen MR) is 115 cm³/mol. The topological polar surface area (TPSA) is 29.5 Å². The lowest BCUT2D eigenvalue weighted by molar-refractivity contribution is -0.302. The average Bonchev–Trinajstić information content (AvgIpc) is 2.57. The molecule has 2 nitrogen and oxygen atoms in total. The maximum atomic E-state index is 13.5. The molecule has 0 spiro atoms. The number of ether oxygens (including phenoxy) is 1. The third-order valence-corrected chi connectivity index (χ3v) is 3.70. The van der Waals surface area contributed by atoms with E-state index < -0.39 is 17.2 Å². The van der Waals surface area contributed by atoms with Crippen molar-refractivity contribution in [1.82, 2.24) is 0 Å². The molecule has 0 saturated carbocycles. The van der Waals surface area contributed by atoms with Crippen LogP contribution < -0.4 is 4.74 Å². The summed E-state index contributed by atoms with van der Waals surface area (Å²) in [4.78, 5) is 0. The Morgan fingerprint density at radius 1 is 0.857 bits per heavy atom. The fourth-order valence-corrected chi connectivity index (χ4v) is 2.22. The van der Waals surface area contributed by atoms with E-state index in [-0.39, 0.29) is 11.3 Å². The van der Waals surface area contributed by atoms with Crippen molar-refractivity contribution in [3.63, 3.8) is 0 Å². The van der Waals surface area contributed by atoms with Gasteiger partial charge in [0.2, 0.25) is 0 Å². The fourth-order valence-electron chi connectivity index (χ4n) is 2.22. The fraction of sp³-hybridized carbons (Fsp3) is 0.739. The number of hydrogen-bond acceptors (Lipinski definition) is 2. The number of rotatable bonds is 2. The minimum atomic E-state index is -4.81. The van der Waals surface area contributed by atoms with Crippen LogP contribution in [0.15, 0.2) is 12.1 Å². The zero-order chi connectivity index (χ0) is 23.3. The highest BCUT2D eigenvalue weighted by atomic mass is 19.4. The largest absolute Gasteiger partial charge is 0.496 e. The number of aryl methyl sites for hydroxylation is 2. The van der Waals surface area contributed by atoms with Gasteiger partial charge in [-0.15, -0.1) is 0 Å². The molecule has 0 heterocycles. The molecule has 0 aliphatic heterocycles. The Morgan fingerprint density at radius 2 is 1.18 bits per heavy atom. The van der Waals surface area contributed by atoms with Gasteiger partial charge in [-0.2, -0.15) is 13.2 Å². The van der Waals surface area contributed by atoms with Gasteiger partial charge < -0.3 is 9.84 Å². The van der Waals surface area contributed by atoms with Gasteiger partial charge in [-0.25, -0.2) is 0 Å². The van der Waals surface area contributed by atoms with Crippen LogP contribution in [0.1, 0.15) is 91.8 Å². The summed E-state index contributed by atoms with van der Waals surface area (Å²) in [7, 11) is 1.30. The van der Waals surface area contributed by atoms with Crippen molar-refractivity contribution in [2.45, 2.75) is 101 Å². The maximum absolute atomic E-state index is 13.5. The van der Waals surface area contributed by atoms with Crippen molar-refractivity contribution in [2.24, 2.45) is 5.41 Å². The maximum Gasteiger partial charge on any atom is 0.422 e. The van der Waals surface area contributed by atoms with Crippen molar-refractivity contribution >= 4 is 0 Å². The van der Waals surface area contributed by atoms with Crippen LogP contribution in [0.3, 0.4) is 0 Å². The molecule has 1 aromatic carbocycles. The van der Waals surface area contributed by atoms with Crippen molar-refractivity contribution in [2.75, 3.05) is 7.11 Å². The number of halogens is 3. The van der Waals surface area contributed by atoms with Crippen LogP contribution in [0, 0.1) is 19.3 Å². The first-order valence-corrected chi connectivity index (χ1v) is 10.1. The van der Waals surface area contributed by atoms with E-state index in [1.807, 2.05) is 13.8 Å². The predicted octanol–water partition coefficient (Wildman–Crippen LogP) is 7.97. The van der Waals surface area contributed by atoms with Gasteiger partial charge in [-0.3, -0.25) is 0 Å². The highest BCUT2D eigenvalue weighted by molar-refractivity contribution is 5.46. The normalized spacial score (nSPS) is 12.9. The summed E-state index contributed by atoms with van der Waals surface area (Å²) >= 11 is 0. The van der Waals surface area contributed by atoms with Gasteiger partial charge in [0.15, 0.2) is 5.60 Å². The van der Waals surface area contributed by atoms with E-state index in [9.17, 15) is 18.3 Å². The lowest BCUT2D eigenvalue weighted by Crippen LogP contribution is -2.52. The molecule has 1 aromatic rings. The number of alkyl halides is 3. The second kappa shape index (κ2) is 13.9. The Bertz CT molecular complexity index is 514. The first-order valence-electron chi connectivity index (χ1n) is 10.1. The van der Waals surface area contributed by atoms with Crippen molar-refractivity contribution in [3.8, 4) is 5.75 Å². The molecule has 0 saturated heterocycles.